The molecule has 3 aromatic carbocycles. The van der Waals surface area contributed by atoms with Gasteiger partial charge in [0, 0.05) is 17.1 Å². The van der Waals surface area contributed by atoms with Crippen LogP contribution in [0.4, 0.5) is 17.6 Å². The van der Waals surface area contributed by atoms with Crippen LogP contribution in [0, 0.1) is 12.7 Å². The Morgan fingerprint density at radius 1 is 1.03 bits per heavy atom. The minimum atomic E-state index is -4.55. The summed E-state index contributed by atoms with van der Waals surface area (Å²) in [5.74, 6) is -0.387. The first-order valence-electron chi connectivity index (χ1n) is 11.3. The van der Waals surface area contributed by atoms with Crippen molar-refractivity contribution >= 4 is 17.7 Å². The van der Waals surface area contributed by atoms with E-state index in [4.69, 9.17) is 14.6 Å². The number of alkyl halides is 3. The monoisotopic (exact) mass is 522 g/mol. The van der Waals surface area contributed by atoms with E-state index in [9.17, 15) is 22.4 Å². The number of ether oxygens (including phenoxy) is 2. The van der Waals surface area contributed by atoms with Gasteiger partial charge >= 0.3 is 12.1 Å². The topological polar surface area (TPSA) is 55.8 Å². The first kappa shape index (κ1) is 27.4. The fourth-order valence-electron chi connectivity index (χ4n) is 3.39. The maximum Gasteiger partial charge on any atom is 0.416 e. The van der Waals surface area contributed by atoms with Crippen LogP contribution in [0.2, 0.25) is 0 Å². The standard InChI is InChI=1S/C27H26F4O4S/c1-17-15-23(10-3-19(17)4-12-26(32)33)36-14-13-18(2)34-24-11-5-20(27(29,30)31)16-25(24)35-22-8-6-21(28)7-9-22/h3,5-11,15-16,18H,4,12-14H2,1-2H3,(H,32,33)/t18-/m0/s1. The van der Waals surface area contributed by atoms with Gasteiger partial charge in [-0.1, -0.05) is 6.07 Å². The lowest BCUT2D eigenvalue weighted by molar-refractivity contribution is -0.138. The van der Waals surface area contributed by atoms with E-state index < -0.39 is 23.5 Å². The maximum absolute atomic E-state index is 13.2. The van der Waals surface area contributed by atoms with Crippen LogP contribution in [-0.2, 0) is 17.4 Å². The number of benzene rings is 3. The molecule has 192 valence electrons. The molecule has 0 aliphatic heterocycles. The normalized spacial score (nSPS) is 12.3. The van der Waals surface area contributed by atoms with Crippen molar-refractivity contribution in [3.8, 4) is 17.2 Å². The highest BCUT2D eigenvalue weighted by molar-refractivity contribution is 7.99. The van der Waals surface area contributed by atoms with Crippen molar-refractivity contribution in [2.75, 3.05) is 5.75 Å². The highest BCUT2D eigenvalue weighted by atomic mass is 32.2. The van der Waals surface area contributed by atoms with Crippen molar-refractivity contribution in [2.45, 2.75) is 50.3 Å². The number of aliphatic carboxylic acids is 1. The molecule has 0 aliphatic carbocycles. The third-order valence-electron chi connectivity index (χ3n) is 5.36. The van der Waals surface area contributed by atoms with Crippen LogP contribution >= 0.6 is 11.8 Å². The lowest BCUT2D eigenvalue weighted by atomic mass is 10.0. The van der Waals surface area contributed by atoms with E-state index in [1.54, 1.807) is 11.8 Å². The highest BCUT2D eigenvalue weighted by Crippen LogP contribution is 2.39. The number of thioether (sulfide) groups is 1. The summed E-state index contributed by atoms with van der Waals surface area (Å²) in [6.45, 7) is 3.76. The van der Waals surface area contributed by atoms with Crippen molar-refractivity contribution in [2.24, 2.45) is 0 Å². The molecule has 0 aliphatic rings. The van der Waals surface area contributed by atoms with Crippen molar-refractivity contribution in [1.29, 1.82) is 0 Å². The summed E-state index contributed by atoms with van der Waals surface area (Å²) in [5.41, 5.74) is 1.14. The van der Waals surface area contributed by atoms with Crippen molar-refractivity contribution < 1.29 is 36.9 Å². The van der Waals surface area contributed by atoms with Gasteiger partial charge in [0.05, 0.1) is 11.7 Å². The first-order chi connectivity index (χ1) is 17.0. The number of rotatable bonds is 11. The van der Waals surface area contributed by atoms with Gasteiger partial charge in [0.1, 0.15) is 11.6 Å². The second kappa shape index (κ2) is 12.2. The molecule has 0 saturated carbocycles. The van der Waals surface area contributed by atoms with Gasteiger partial charge in [-0.2, -0.15) is 13.2 Å². The Bertz CT molecular complexity index is 1180. The summed E-state index contributed by atoms with van der Waals surface area (Å²) >= 11 is 1.61. The van der Waals surface area contributed by atoms with E-state index in [1.807, 2.05) is 32.0 Å². The summed E-state index contributed by atoms with van der Waals surface area (Å²) in [7, 11) is 0. The Balaban J connectivity index is 1.63. The number of aryl methyl sites for hydroxylation is 2. The zero-order valence-electron chi connectivity index (χ0n) is 19.8. The predicted octanol–water partition coefficient (Wildman–Crippen LogP) is 7.91. The zero-order valence-corrected chi connectivity index (χ0v) is 20.6. The summed E-state index contributed by atoms with van der Waals surface area (Å²) in [6, 6.07) is 13.9. The molecule has 0 bridgehead atoms. The van der Waals surface area contributed by atoms with Crippen LogP contribution in [0.1, 0.15) is 36.5 Å². The van der Waals surface area contributed by atoms with Gasteiger partial charge in [0.15, 0.2) is 11.5 Å². The number of carbonyl (C=O) groups is 1. The number of halogens is 4. The van der Waals surface area contributed by atoms with Crippen LogP contribution in [0.3, 0.4) is 0 Å². The molecule has 4 nitrogen and oxygen atoms in total. The summed E-state index contributed by atoms with van der Waals surface area (Å²) in [5, 5.41) is 8.86. The summed E-state index contributed by atoms with van der Waals surface area (Å²) in [4.78, 5) is 11.8. The van der Waals surface area contributed by atoms with Crippen LogP contribution in [-0.4, -0.2) is 22.9 Å². The molecular weight excluding hydrogens is 496 g/mol. The van der Waals surface area contributed by atoms with E-state index in [1.165, 1.54) is 18.2 Å². The second-order valence-corrected chi connectivity index (χ2v) is 9.43. The molecule has 36 heavy (non-hydrogen) atoms. The number of hydrogen-bond acceptors (Lipinski definition) is 4. The van der Waals surface area contributed by atoms with Crippen LogP contribution in [0.15, 0.2) is 65.6 Å². The number of hydrogen-bond donors (Lipinski definition) is 1. The molecular formula is C27H26F4O4S. The van der Waals surface area contributed by atoms with Gasteiger partial charge in [0.25, 0.3) is 0 Å². The lowest BCUT2D eigenvalue weighted by Gasteiger charge is -2.19. The van der Waals surface area contributed by atoms with E-state index in [2.05, 4.69) is 0 Å². The SMILES string of the molecule is Cc1cc(SCC[C@H](C)Oc2ccc(C(F)(F)F)cc2Oc2ccc(F)cc2)ccc1CCC(=O)O. The van der Waals surface area contributed by atoms with Crippen LogP contribution < -0.4 is 9.47 Å². The van der Waals surface area contributed by atoms with Crippen molar-refractivity contribution in [3.05, 3.63) is 83.2 Å². The Morgan fingerprint density at radius 3 is 2.39 bits per heavy atom. The Hall–Kier alpha value is -3.20. The fourth-order valence-corrected chi connectivity index (χ4v) is 4.50. The molecule has 0 spiro atoms. The third kappa shape index (κ3) is 8.19. The molecule has 1 atom stereocenters. The molecule has 0 unspecified atom stereocenters. The minimum absolute atomic E-state index is 0.0823. The Kier molecular flexibility index (Phi) is 9.25. The fraction of sp³-hybridized carbons (Fsp3) is 0.296. The molecule has 0 saturated heterocycles. The molecule has 1 N–H and O–H groups in total. The molecule has 3 aromatic rings. The predicted molar refractivity (Wildman–Crippen MR) is 130 cm³/mol. The van der Waals surface area contributed by atoms with Crippen LogP contribution in [0.25, 0.3) is 0 Å². The number of carboxylic acids is 1. The van der Waals surface area contributed by atoms with E-state index in [0.717, 1.165) is 40.3 Å². The molecule has 0 aromatic heterocycles. The van der Waals surface area contributed by atoms with E-state index in [0.29, 0.717) is 18.6 Å². The van der Waals surface area contributed by atoms with Gasteiger partial charge < -0.3 is 14.6 Å². The molecule has 0 radical (unpaired) electrons. The minimum Gasteiger partial charge on any atom is -0.487 e. The van der Waals surface area contributed by atoms with Crippen LogP contribution in [0.5, 0.6) is 17.2 Å². The van der Waals surface area contributed by atoms with Gasteiger partial charge in [-0.15, -0.1) is 11.8 Å². The van der Waals surface area contributed by atoms with Gasteiger partial charge in [-0.3, -0.25) is 4.79 Å². The number of carboxylic acid groups (broad SMARTS) is 1. The average Bonchev–Trinajstić information content (AvgIpc) is 2.80. The Labute approximate surface area is 211 Å². The average molecular weight is 523 g/mol. The van der Waals surface area contributed by atoms with E-state index in [-0.39, 0.29) is 29.8 Å². The molecule has 0 amide bonds. The van der Waals surface area contributed by atoms with E-state index >= 15 is 0 Å². The van der Waals surface area contributed by atoms with Crippen molar-refractivity contribution in [3.63, 3.8) is 0 Å². The van der Waals surface area contributed by atoms with Gasteiger partial charge in [-0.05, 0) is 92.4 Å². The maximum atomic E-state index is 13.2. The zero-order chi connectivity index (χ0) is 26.3. The lowest BCUT2D eigenvalue weighted by Crippen LogP contribution is -2.14. The molecule has 3 rings (SSSR count). The summed E-state index contributed by atoms with van der Waals surface area (Å²) in [6.07, 6.45) is -3.70. The first-order valence-corrected chi connectivity index (χ1v) is 12.3. The summed E-state index contributed by atoms with van der Waals surface area (Å²) < 4.78 is 64.4. The molecule has 0 fully saturated rings. The molecule has 0 heterocycles. The highest BCUT2D eigenvalue weighted by Gasteiger charge is 2.31. The molecule has 9 heteroatoms. The quantitative estimate of drug-likeness (QED) is 0.205. The van der Waals surface area contributed by atoms with Gasteiger partial charge in [-0.25, -0.2) is 4.39 Å². The Morgan fingerprint density at radius 2 is 1.75 bits per heavy atom. The smallest absolute Gasteiger partial charge is 0.416 e. The van der Waals surface area contributed by atoms with Crippen molar-refractivity contribution in [1.82, 2.24) is 0 Å². The third-order valence-corrected chi connectivity index (χ3v) is 6.38. The second-order valence-electron chi connectivity index (χ2n) is 8.26. The largest absolute Gasteiger partial charge is 0.487 e. The van der Waals surface area contributed by atoms with Gasteiger partial charge in [0.2, 0.25) is 0 Å².